The monoisotopic (exact) mass is 518 g/mol. The van der Waals surface area contributed by atoms with Crippen molar-refractivity contribution in [2.45, 2.75) is 36.1 Å². The van der Waals surface area contributed by atoms with Gasteiger partial charge in [0, 0.05) is 28.4 Å². The lowest BCUT2D eigenvalue weighted by molar-refractivity contribution is -0.149. The number of hydrogen-bond acceptors (Lipinski definition) is 5. The summed E-state index contributed by atoms with van der Waals surface area (Å²) in [6.45, 7) is 3.10. The van der Waals surface area contributed by atoms with Gasteiger partial charge in [-0.3, -0.25) is 14.4 Å². The summed E-state index contributed by atoms with van der Waals surface area (Å²) < 4.78 is 19.1. The Labute approximate surface area is 219 Å². The van der Waals surface area contributed by atoms with Crippen LogP contribution in [0.1, 0.15) is 46.0 Å². The number of halogens is 1. The Hall–Kier alpha value is -3.65. The van der Waals surface area contributed by atoms with Crippen LogP contribution in [-0.2, 0) is 16.1 Å². The van der Waals surface area contributed by atoms with Gasteiger partial charge in [-0.2, -0.15) is 0 Å². The number of hydrogen-bond donors (Lipinski definition) is 0. The molecule has 3 aromatic rings. The van der Waals surface area contributed by atoms with Gasteiger partial charge in [0.05, 0.1) is 30.3 Å². The minimum Gasteiger partial charge on any atom is -0.466 e. The molecule has 1 atom stereocenters. The summed E-state index contributed by atoms with van der Waals surface area (Å²) >= 11 is 1.47. The molecule has 0 saturated carbocycles. The van der Waals surface area contributed by atoms with Gasteiger partial charge in [-0.15, -0.1) is 0 Å². The van der Waals surface area contributed by atoms with E-state index in [-0.39, 0.29) is 36.1 Å². The van der Waals surface area contributed by atoms with Gasteiger partial charge >= 0.3 is 5.97 Å². The highest BCUT2D eigenvalue weighted by molar-refractivity contribution is 7.99. The van der Waals surface area contributed by atoms with Crippen molar-refractivity contribution in [2.24, 2.45) is 5.92 Å². The first kappa shape index (κ1) is 25.0. The Morgan fingerprint density at radius 2 is 1.89 bits per heavy atom. The maximum absolute atomic E-state index is 14.0. The molecule has 0 unspecified atom stereocenters. The average molecular weight is 519 g/mol. The van der Waals surface area contributed by atoms with Gasteiger partial charge in [0.15, 0.2) is 0 Å². The van der Waals surface area contributed by atoms with Crippen molar-refractivity contribution in [2.75, 3.05) is 24.6 Å². The molecular formula is C29H27FN2O4S. The van der Waals surface area contributed by atoms with Gasteiger partial charge in [-0.1, -0.05) is 36.0 Å². The number of carbonyl (C=O) groups excluding carboxylic acids is 3. The number of benzene rings is 3. The van der Waals surface area contributed by atoms with Crippen molar-refractivity contribution < 1.29 is 23.5 Å². The third-order valence-corrected chi connectivity index (χ3v) is 7.78. The number of fused-ring (bicyclic) bond motifs is 2. The molecule has 0 bridgehead atoms. The van der Waals surface area contributed by atoms with Crippen molar-refractivity contribution in [1.82, 2.24) is 4.90 Å². The summed E-state index contributed by atoms with van der Waals surface area (Å²) in [7, 11) is 0. The van der Waals surface area contributed by atoms with Crippen LogP contribution in [0.3, 0.4) is 0 Å². The smallest absolute Gasteiger partial charge is 0.310 e. The van der Waals surface area contributed by atoms with Crippen LogP contribution in [0.5, 0.6) is 0 Å². The SMILES string of the molecule is CCOC(=O)[C@@H]1CCCN(C(=O)c2ccc3c(c2)N(Cc2cccc(F)c2)C(=O)c2ccccc2S3)C1. The molecule has 6 nitrogen and oxygen atoms in total. The highest BCUT2D eigenvalue weighted by Crippen LogP contribution is 2.42. The summed E-state index contributed by atoms with van der Waals surface area (Å²) in [4.78, 5) is 44.5. The number of nitrogens with zero attached hydrogens (tertiary/aromatic N) is 2. The van der Waals surface area contributed by atoms with Crippen molar-refractivity contribution in [1.29, 1.82) is 0 Å². The number of piperidine rings is 1. The zero-order chi connectivity index (χ0) is 25.9. The normalized spacial score (nSPS) is 17.0. The number of ether oxygens (including phenoxy) is 1. The largest absolute Gasteiger partial charge is 0.466 e. The van der Waals surface area contributed by atoms with Crippen LogP contribution in [0.15, 0.2) is 76.5 Å². The van der Waals surface area contributed by atoms with E-state index in [1.807, 2.05) is 24.3 Å². The van der Waals surface area contributed by atoms with Gasteiger partial charge in [0.1, 0.15) is 5.82 Å². The zero-order valence-electron chi connectivity index (χ0n) is 20.5. The molecule has 190 valence electrons. The summed E-state index contributed by atoms with van der Waals surface area (Å²) in [5.41, 5.74) is 2.24. The molecule has 0 aromatic heterocycles. The fourth-order valence-corrected chi connectivity index (χ4v) is 5.88. The maximum Gasteiger partial charge on any atom is 0.310 e. The molecule has 2 heterocycles. The number of amides is 2. The number of anilines is 1. The van der Waals surface area contributed by atoms with Crippen LogP contribution >= 0.6 is 11.8 Å². The molecule has 0 spiro atoms. The Kier molecular flexibility index (Phi) is 7.28. The van der Waals surface area contributed by atoms with E-state index in [0.717, 1.165) is 16.2 Å². The zero-order valence-corrected chi connectivity index (χ0v) is 21.3. The lowest BCUT2D eigenvalue weighted by atomic mass is 9.97. The molecule has 37 heavy (non-hydrogen) atoms. The molecule has 0 N–H and O–H groups in total. The van der Waals surface area contributed by atoms with Crippen LogP contribution in [0.4, 0.5) is 10.1 Å². The fraction of sp³-hybridized carbons (Fsp3) is 0.276. The molecule has 1 fully saturated rings. The van der Waals surface area contributed by atoms with E-state index < -0.39 is 0 Å². The van der Waals surface area contributed by atoms with E-state index >= 15 is 0 Å². The second-order valence-electron chi connectivity index (χ2n) is 9.14. The predicted molar refractivity (Wildman–Crippen MR) is 139 cm³/mol. The second-order valence-corrected chi connectivity index (χ2v) is 10.2. The fourth-order valence-electron chi connectivity index (χ4n) is 4.82. The third-order valence-electron chi connectivity index (χ3n) is 6.64. The standard InChI is InChI=1S/C29H27FN2O4S/c1-2-36-29(35)21-8-6-14-31(18-21)27(33)20-12-13-26-24(16-20)32(17-19-7-5-9-22(30)15-19)28(34)23-10-3-4-11-25(23)37-26/h3-5,7,9-13,15-16,21H,2,6,8,14,17-18H2,1H3/t21-/m1/s1. The van der Waals surface area contributed by atoms with Crippen LogP contribution < -0.4 is 4.90 Å². The Morgan fingerprint density at radius 1 is 1.05 bits per heavy atom. The minimum atomic E-state index is -0.375. The number of likely N-dealkylation sites (tertiary alicyclic amines) is 1. The average Bonchev–Trinajstić information content (AvgIpc) is 3.02. The lowest BCUT2D eigenvalue weighted by Gasteiger charge is -2.32. The molecule has 2 aliphatic heterocycles. The predicted octanol–water partition coefficient (Wildman–Crippen LogP) is 5.55. The lowest BCUT2D eigenvalue weighted by Crippen LogP contribution is -2.42. The van der Waals surface area contributed by atoms with Gasteiger partial charge in [-0.25, -0.2) is 4.39 Å². The minimum absolute atomic E-state index is 0.158. The second kappa shape index (κ2) is 10.8. The molecule has 2 amide bonds. The maximum atomic E-state index is 14.0. The summed E-state index contributed by atoms with van der Waals surface area (Å²) in [6, 6.07) is 18.9. The van der Waals surface area contributed by atoms with Gasteiger partial charge in [-0.05, 0) is 67.8 Å². The molecule has 0 radical (unpaired) electrons. The van der Waals surface area contributed by atoms with Gasteiger partial charge in [0.25, 0.3) is 11.8 Å². The van der Waals surface area contributed by atoms with E-state index in [2.05, 4.69) is 0 Å². The Morgan fingerprint density at radius 3 is 2.70 bits per heavy atom. The first-order valence-corrected chi connectivity index (χ1v) is 13.2. The molecular weight excluding hydrogens is 491 g/mol. The van der Waals surface area contributed by atoms with E-state index in [0.29, 0.717) is 48.5 Å². The Bertz CT molecular complexity index is 1360. The van der Waals surface area contributed by atoms with Crippen molar-refractivity contribution in [3.63, 3.8) is 0 Å². The van der Waals surface area contributed by atoms with Gasteiger partial charge < -0.3 is 14.5 Å². The quantitative estimate of drug-likeness (QED) is 0.414. The summed E-state index contributed by atoms with van der Waals surface area (Å²) in [6.07, 6.45) is 1.41. The van der Waals surface area contributed by atoms with Gasteiger partial charge in [0.2, 0.25) is 0 Å². The van der Waals surface area contributed by atoms with Crippen molar-refractivity contribution in [3.05, 3.63) is 89.2 Å². The molecule has 3 aromatic carbocycles. The highest BCUT2D eigenvalue weighted by atomic mass is 32.2. The summed E-state index contributed by atoms with van der Waals surface area (Å²) in [5, 5.41) is 0. The van der Waals surface area contributed by atoms with E-state index in [1.165, 1.54) is 23.9 Å². The van der Waals surface area contributed by atoms with Crippen LogP contribution in [0.2, 0.25) is 0 Å². The topological polar surface area (TPSA) is 66.9 Å². The summed E-state index contributed by atoms with van der Waals surface area (Å²) in [5.74, 6) is -1.39. The number of esters is 1. The van der Waals surface area contributed by atoms with E-state index in [1.54, 1.807) is 47.1 Å². The number of rotatable bonds is 5. The Balaban J connectivity index is 1.49. The molecule has 8 heteroatoms. The molecule has 0 aliphatic carbocycles. The van der Waals surface area contributed by atoms with Crippen molar-refractivity contribution >= 4 is 35.2 Å². The third kappa shape index (κ3) is 5.25. The van der Waals surface area contributed by atoms with Crippen LogP contribution in [0, 0.1) is 11.7 Å². The first-order valence-electron chi connectivity index (χ1n) is 12.4. The number of carbonyl (C=O) groups is 3. The van der Waals surface area contributed by atoms with Crippen LogP contribution in [0.25, 0.3) is 0 Å². The molecule has 2 aliphatic rings. The van der Waals surface area contributed by atoms with E-state index in [4.69, 9.17) is 4.74 Å². The van der Waals surface area contributed by atoms with Crippen LogP contribution in [-0.4, -0.2) is 42.4 Å². The first-order chi connectivity index (χ1) is 17.9. The van der Waals surface area contributed by atoms with Crippen molar-refractivity contribution in [3.8, 4) is 0 Å². The van der Waals surface area contributed by atoms with E-state index in [9.17, 15) is 18.8 Å². The molecule has 5 rings (SSSR count). The molecule has 1 saturated heterocycles. The highest BCUT2D eigenvalue weighted by Gasteiger charge is 2.32.